The molecule has 0 N–H and O–H groups in total. The topological polar surface area (TPSA) is 55.2 Å². The Morgan fingerprint density at radius 2 is 1.73 bits per heavy atom. The van der Waals surface area contributed by atoms with Gasteiger partial charge in [0.05, 0.1) is 16.7 Å². The molecule has 0 spiro atoms. The van der Waals surface area contributed by atoms with E-state index in [1.165, 1.54) is 37.4 Å². The smallest absolute Gasteiger partial charge is 0.262 e. The number of rotatable bonds is 4. The summed E-state index contributed by atoms with van der Waals surface area (Å²) in [6.07, 6.45) is 11.7. The number of benzene rings is 1. The summed E-state index contributed by atoms with van der Waals surface area (Å²) in [6.45, 7) is 0.890. The predicted octanol–water partition coefficient (Wildman–Crippen LogP) is 4.78. The summed E-state index contributed by atoms with van der Waals surface area (Å²) in [5.41, 5.74) is 0.782. The lowest BCUT2D eigenvalue weighted by Gasteiger charge is -2.44. The summed E-state index contributed by atoms with van der Waals surface area (Å²) in [5, 5.41) is 1.40. The molecule has 0 unspecified atom stereocenters. The Kier molecular flexibility index (Phi) is 5.85. The lowest BCUT2D eigenvalue weighted by atomic mass is 9.78. The fourth-order valence-corrected chi connectivity index (χ4v) is 6.81. The van der Waals surface area contributed by atoms with Crippen LogP contribution in [0.1, 0.15) is 70.3 Å². The van der Waals surface area contributed by atoms with Crippen LogP contribution in [0.15, 0.2) is 34.2 Å². The third-order valence-corrected chi connectivity index (χ3v) is 8.29. The van der Waals surface area contributed by atoms with E-state index in [2.05, 4.69) is 4.90 Å². The van der Waals surface area contributed by atoms with Gasteiger partial charge in [-0.15, -0.1) is 0 Å². The molecule has 160 valence electrons. The van der Waals surface area contributed by atoms with Crippen LogP contribution in [0.5, 0.6) is 0 Å². The molecule has 1 aromatic carbocycles. The number of hydrogen-bond acceptors (Lipinski definition) is 4. The fourth-order valence-electron chi connectivity index (χ4n) is 5.86. The highest BCUT2D eigenvalue weighted by Gasteiger charge is 2.35. The Bertz CT molecular complexity index is 980. The molecule has 2 saturated carbocycles. The second-order valence-corrected chi connectivity index (χ2v) is 10.1. The molecule has 1 saturated heterocycles. The SMILES string of the molecule is O=C(CSc1nc2ccccc2c(=O)n1C1CCCC1)N1CCC[C@@H]2CCCC[C@@H]21. The number of likely N-dealkylation sites (tertiary alicyclic amines) is 1. The number of para-hydroxylation sites is 1. The third kappa shape index (κ3) is 3.79. The highest BCUT2D eigenvalue weighted by molar-refractivity contribution is 7.99. The molecule has 5 nitrogen and oxygen atoms in total. The van der Waals surface area contributed by atoms with Crippen molar-refractivity contribution in [2.24, 2.45) is 5.92 Å². The van der Waals surface area contributed by atoms with Crippen LogP contribution < -0.4 is 5.56 Å². The number of hydrogen-bond donors (Lipinski definition) is 0. The van der Waals surface area contributed by atoms with Gasteiger partial charge in [-0.05, 0) is 56.6 Å². The molecular weight excluding hydrogens is 394 g/mol. The van der Waals surface area contributed by atoms with Gasteiger partial charge < -0.3 is 4.90 Å². The van der Waals surface area contributed by atoms with Gasteiger partial charge >= 0.3 is 0 Å². The lowest BCUT2D eigenvalue weighted by molar-refractivity contribution is -0.134. The number of nitrogens with zero attached hydrogens (tertiary/aromatic N) is 3. The van der Waals surface area contributed by atoms with E-state index in [0.717, 1.165) is 55.7 Å². The number of carbonyl (C=O) groups is 1. The number of carbonyl (C=O) groups excluding carboxylic acids is 1. The first kappa shape index (κ1) is 20.1. The van der Waals surface area contributed by atoms with E-state index in [-0.39, 0.29) is 17.5 Å². The molecule has 1 aliphatic heterocycles. The van der Waals surface area contributed by atoms with Crippen molar-refractivity contribution in [2.45, 2.75) is 81.4 Å². The Balaban J connectivity index is 1.40. The monoisotopic (exact) mass is 425 g/mol. The van der Waals surface area contributed by atoms with Crippen LogP contribution >= 0.6 is 11.8 Å². The number of thioether (sulfide) groups is 1. The zero-order chi connectivity index (χ0) is 20.5. The van der Waals surface area contributed by atoms with Crippen LogP contribution in [0.3, 0.4) is 0 Å². The van der Waals surface area contributed by atoms with Crippen LogP contribution in [-0.4, -0.2) is 38.7 Å². The molecule has 3 fully saturated rings. The Morgan fingerprint density at radius 3 is 2.60 bits per heavy atom. The van der Waals surface area contributed by atoms with E-state index in [0.29, 0.717) is 23.1 Å². The van der Waals surface area contributed by atoms with Crippen molar-refractivity contribution in [1.82, 2.24) is 14.5 Å². The molecule has 1 amide bonds. The molecule has 2 atom stereocenters. The van der Waals surface area contributed by atoms with Gasteiger partial charge in [-0.3, -0.25) is 14.2 Å². The maximum absolute atomic E-state index is 13.3. The van der Waals surface area contributed by atoms with Crippen LogP contribution in [0.25, 0.3) is 10.9 Å². The first-order valence-electron chi connectivity index (χ1n) is 11.7. The van der Waals surface area contributed by atoms with E-state index in [1.807, 2.05) is 28.8 Å². The fraction of sp³-hybridized carbons (Fsp3) is 0.625. The van der Waals surface area contributed by atoms with E-state index < -0.39 is 0 Å². The Labute approximate surface area is 182 Å². The maximum atomic E-state index is 13.3. The van der Waals surface area contributed by atoms with Crippen molar-refractivity contribution in [3.8, 4) is 0 Å². The minimum Gasteiger partial charge on any atom is -0.339 e. The molecule has 30 heavy (non-hydrogen) atoms. The summed E-state index contributed by atoms with van der Waals surface area (Å²) in [4.78, 5) is 33.5. The second kappa shape index (κ2) is 8.74. The summed E-state index contributed by atoms with van der Waals surface area (Å²) >= 11 is 1.46. The average molecular weight is 426 g/mol. The zero-order valence-electron chi connectivity index (χ0n) is 17.6. The molecule has 2 aliphatic carbocycles. The van der Waals surface area contributed by atoms with Crippen molar-refractivity contribution >= 4 is 28.6 Å². The highest BCUT2D eigenvalue weighted by Crippen LogP contribution is 2.36. The van der Waals surface area contributed by atoms with Crippen molar-refractivity contribution in [1.29, 1.82) is 0 Å². The number of fused-ring (bicyclic) bond motifs is 2. The van der Waals surface area contributed by atoms with Crippen molar-refractivity contribution < 1.29 is 4.79 Å². The molecule has 2 heterocycles. The molecule has 2 aromatic rings. The summed E-state index contributed by atoms with van der Waals surface area (Å²) in [5.74, 6) is 1.29. The minimum atomic E-state index is 0.0489. The van der Waals surface area contributed by atoms with Crippen LogP contribution in [0.4, 0.5) is 0 Å². The Morgan fingerprint density at radius 1 is 1.00 bits per heavy atom. The molecule has 1 aromatic heterocycles. The average Bonchev–Trinajstić information content (AvgIpc) is 3.31. The first-order chi connectivity index (χ1) is 14.7. The van der Waals surface area contributed by atoms with Gasteiger partial charge in [0.1, 0.15) is 0 Å². The van der Waals surface area contributed by atoms with E-state index >= 15 is 0 Å². The van der Waals surface area contributed by atoms with Gasteiger partial charge in [-0.2, -0.15) is 0 Å². The maximum Gasteiger partial charge on any atom is 0.262 e. The van der Waals surface area contributed by atoms with Crippen molar-refractivity contribution in [3.63, 3.8) is 0 Å². The van der Waals surface area contributed by atoms with Gasteiger partial charge in [0.25, 0.3) is 5.56 Å². The molecule has 6 heteroatoms. The van der Waals surface area contributed by atoms with Crippen molar-refractivity contribution in [2.75, 3.05) is 12.3 Å². The van der Waals surface area contributed by atoms with Crippen LogP contribution in [-0.2, 0) is 4.79 Å². The van der Waals surface area contributed by atoms with Gasteiger partial charge in [0.15, 0.2) is 5.16 Å². The number of piperidine rings is 1. The van der Waals surface area contributed by atoms with Gasteiger partial charge in [-0.1, -0.05) is 49.6 Å². The first-order valence-corrected chi connectivity index (χ1v) is 12.6. The molecule has 5 rings (SSSR count). The molecule has 0 radical (unpaired) electrons. The van der Waals surface area contributed by atoms with Gasteiger partial charge in [-0.25, -0.2) is 4.98 Å². The summed E-state index contributed by atoms with van der Waals surface area (Å²) in [6, 6.07) is 8.24. The Hall–Kier alpha value is -1.82. The predicted molar refractivity (Wildman–Crippen MR) is 121 cm³/mol. The normalized spacial score (nSPS) is 24.9. The zero-order valence-corrected chi connectivity index (χ0v) is 18.4. The third-order valence-electron chi connectivity index (χ3n) is 7.35. The van der Waals surface area contributed by atoms with Crippen LogP contribution in [0.2, 0.25) is 0 Å². The standard InChI is InChI=1S/C24H31N3O2S/c28-22(26-15-7-9-17-8-1-6-14-21(17)26)16-30-24-25-20-13-5-4-12-19(20)23(29)27(24)18-10-2-3-11-18/h4-5,12-13,17-18,21H,1-3,6-11,14-16H2/t17-,21-/m0/s1. The van der Waals surface area contributed by atoms with Gasteiger partial charge in [0.2, 0.25) is 5.91 Å². The highest BCUT2D eigenvalue weighted by atomic mass is 32.2. The van der Waals surface area contributed by atoms with E-state index in [1.54, 1.807) is 0 Å². The molecule has 3 aliphatic rings. The quantitative estimate of drug-likeness (QED) is 0.522. The second-order valence-electron chi connectivity index (χ2n) is 9.15. The minimum absolute atomic E-state index is 0.0489. The number of aromatic nitrogens is 2. The van der Waals surface area contributed by atoms with E-state index in [4.69, 9.17) is 4.98 Å². The van der Waals surface area contributed by atoms with Crippen LogP contribution in [0, 0.1) is 5.92 Å². The summed E-state index contributed by atoms with van der Waals surface area (Å²) in [7, 11) is 0. The molecule has 0 bridgehead atoms. The van der Waals surface area contributed by atoms with E-state index in [9.17, 15) is 9.59 Å². The summed E-state index contributed by atoms with van der Waals surface area (Å²) < 4.78 is 1.90. The molecular formula is C24H31N3O2S. The van der Waals surface area contributed by atoms with Gasteiger partial charge in [0, 0.05) is 18.6 Å². The number of amides is 1. The lowest BCUT2D eigenvalue weighted by Crippen LogP contribution is -2.50. The largest absolute Gasteiger partial charge is 0.339 e. The van der Waals surface area contributed by atoms with Crippen molar-refractivity contribution in [3.05, 3.63) is 34.6 Å².